The van der Waals surface area contributed by atoms with Gasteiger partial charge in [-0.3, -0.25) is 10.7 Å². The molecule has 0 radical (unpaired) electrons. The van der Waals surface area contributed by atoms with Gasteiger partial charge >= 0.3 is 0 Å². The van der Waals surface area contributed by atoms with Gasteiger partial charge in [0.15, 0.2) is 0 Å². The first-order valence-electron chi connectivity index (χ1n) is 3.91. The van der Waals surface area contributed by atoms with Crippen LogP contribution in [0.1, 0.15) is 0 Å². The molecule has 0 atom stereocenters. The van der Waals surface area contributed by atoms with E-state index in [0.29, 0.717) is 0 Å². The van der Waals surface area contributed by atoms with Crippen LogP contribution >= 0.6 is 23.2 Å². The molecule has 2 N–H and O–H groups in total. The zero-order valence-electron chi connectivity index (χ0n) is 7.63. The van der Waals surface area contributed by atoms with Crippen LogP contribution in [0.25, 0.3) is 0 Å². The van der Waals surface area contributed by atoms with Crippen LogP contribution in [0.2, 0.25) is 10.3 Å². The molecule has 0 saturated carbocycles. The SMILES string of the molecule is C=CCOC(=N)Nc1nc(Cl)cc(Cl)n1. The van der Waals surface area contributed by atoms with Crippen LogP contribution in [0.3, 0.4) is 0 Å². The highest BCUT2D eigenvalue weighted by molar-refractivity contribution is 6.33. The quantitative estimate of drug-likeness (QED) is 0.372. The Labute approximate surface area is 96.6 Å². The first kappa shape index (κ1) is 11.7. The molecule has 0 aliphatic heterocycles. The molecule has 0 unspecified atom stereocenters. The fourth-order valence-electron chi connectivity index (χ4n) is 0.726. The molecule has 7 heteroatoms. The predicted octanol–water partition coefficient (Wildman–Crippen LogP) is 2.33. The van der Waals surface area contributed by atoms with Gasteiger partial charge in [0.05, 0.1) is 0 Å². The smallest absolute Gasteiger partial charge is 0.289 e. The van der Waals surface area contributed by atoms with Crippen LogP contribution in [-0.2, 0) is 4.74 Å². The van der Waals surface area contributed by atoms with Crippen LogP contribution in [0.4, 0.5) is 5.95 Å². The summed E-state index contributed by atoms with van der Waals surface area (Å²) in [6, 6.07) is 1.19. The van der Waals surface area contributed by atoms with Crippen LogP contribution in [0.5, 0.6) is 0 Å². The lowest BCUT2D eigenvalue weighted by atomic mass is 10.6. The molecule has 1 aromatic heterocycles. The number of nitrogens with zero attached hydrogens (tertiary/aromatic N) is 2. The van der Waals surface area contributed by atoms with Crippen LogP contribution in [0.15, 0.2) is 18.7 Å². The minimum atomic E-state index is -0.201. The van der Waals surface area contributed by atoms with Gasteiger partial charge in [0, 0.05) is 6.07 Å². The predicted molar refractivity (Wildman–Crippen MR) is 59.6 cm³/mol. The Bertz CT molecular complexity index is 363. The number of ether oxygens (including phenoxy) is 1. The first-order valence-corrected chi connectivity index (χ1v) is 4.66. The summed E-state index contributed by atoms with van der Waals surface area (Å²) >= 11 is 11.3. The zero-order valence-corrected chi connectivity index (χ0v) is 9.14. The number of aromatic nitrogens is 2. The standard InChI is InChI=1S/C8H8Cl2N4O/c1-2-3-15-7(11)14-8-12-5(9)4-6(10)13-8/h2,4H,1,3H2,(H2,11,12,13,14). The lowest BCUT2D eigenvalue weighted by Crippen LogP contribution is -2.16. The molecule has 0 fully saturated rings. The Hall–Kier alpha value is -1.33. The van der Waals surface area contributed by atoms with E-state index in [9.17, 15) is 0 Å². The second-order valence-corrected chi connectivity index (χ2v) is 3.17. The van der Waals surface area contributed by atoms with E-state index < -0.39 is 0 Å². The van der Waals surface area contributed by atoms with Crippen molar-refractivity contribution in [3.63, 3.8) is 0 Å². The molecule has 1 heterocycles. The van der Waals surface area contributed by atoms with E-state index >= 15 is 0 Å². The summed E-state index contributed by atoms with van der Waals surface area (Å²) < 4.78 is 4.86. The molecule has 0 aliphatic carbocycles. The van der Waals surface area contributed by atoms with Crippen molar-refractivity contribution in [3.05, 3.63) is 29.0 Å². The van der Waals surface area contributed by atoms with Crippen molar-refractivity contribution < 1.29 is 4.74 Å². The van der Waals surface area contributed by atoms with Gasteiger partial charge in [-0.2, -0.15) is 0 Å². The van der Waals surface area contributed by atoms with E-state index in [1.54, 1.807) is 0 Å². The van der Waals surface area contributed by atoms with Gasteiger partial charge in [-0.05, 0) is 0 Å². The van der Waals surface area contributed by atoms with Gasteiger partial charge < -0.3 is 4.74 Å². The fraction of sp³-hybridized carbons (Fsp3) is 0.125. The molecule has 0 aliphatic rings. The van der Waals surface area contributed by atoms with Crippen LogP contribution in [-0.4, -0.2) is 22.6 Å². The maximum absolute atomic E-state index is 7.32. The Kier molecular flexibility index (Phi) is 4.33. The summed E-state index contributed by atoms with van der Waals surface area (Å²) in [7, 11) is 0. The Balaban J connectivity index is 2.63. The minimum absolute atomic E-state index is 0.113. The van der Waals surface area contributed by atoms with E-state index in [0.717, 1.165) is 0 Å². The van der Waals surface area contributed by atoms with Crippen molar-refractivity contribution >= 4 is 35.2 Å². The third-order valence-corrected chi connectivity index (χ3v) is 1.62. The third-order valence-electron chi connectivity index (χ3n) is 1.23. The topological polar surface area (TPSA) is 70.9 Å². The highest BCUT2D eigenvalue weighted by atomic mass is 35.5. The first-order chi connectivity index (χ1) is 7.11. The molecule has 5 nitrogen and oxygen atoms in total. The van der Waals surface area contributed by atoms with Gasteiger partial charge in [-0.25, -0.2) is 9.97 Å². The summed E-state index contributed by atoms with van der Waals surface area (Å²) in [4.78, 5) is 7.59. The largest absolute Gasteiger partial charge is 0.461 e. The maximum atomic E-state index is 7.32. The molecule has 0 saturated heterocycles. The van der Waals surface area contributed by atoms with Gasteiger partial charge in [0.2, 0.25) is 5.95 Å². The highest BCUT2D eigenvalue weighted by Crippen LogP contribution is 2.13. The second-order valence-electron chi connectivity index (χ2n) is 2.39. The maximum Gasteiger partial charge on any atom is 0.289 e. The lowest BCUT2D eigenvalue weighted by Gasteiger charge is -2.06. The van der Waals surface area contributed by atoms with E-state index in [1.165, 1.54) is 12.1 Å². The van der Waals surface area contributed by atoms with E-state index in [1.807, 2.05) is 0 Å². The average Bonchev–Trinajstić information content (AvgIpc) is 2.13. The molecule has 1 rings (SSSR count). The van der Waals surface area contributed by atoms with Crippen molar-refractivity contribution in [3.8, 4) is 0 Å². The average molecular weight is 247 g/mol. The minimum Gasteiger partial charge on any atom is -0.461 e. The van der Waals surface area contributed by atoms with Crippen molar-refractivity contribution in [1.82, 2.24) is 9.97 Å². The zero-order chi connectivity index (χ0) is 11.3. The van der Waals surface area contributed by atoms with E-state index in [4.69, 9.17) is 33.3 Å². The van der Waals surface area contributed by atoms with Crippen LogP contribution < -0.4 is 5.32 Å². The summed E-state index contributed by atoms with van der Waals surface area (Å²) in [5.74, 6) is 0.113. The summed E-state index contributed by atoms with van der Waals surface area (Å²) in [6.07, 6.45) is 1.52. The van der Waals surface area contributed by atoms with Crippen LogP contribution in [0, 0.1) is 5.41 Å². The number of halogens is 2. The molecule has 0 bridgehead atoms. The number of hydrogen-bond acceptors (Lipinski definition) is 4. The van der Waals surface area contributed by atoms with E-state index in [2.05, 4.69) is 21.9 Å². The van der Waals surface area contributed by atoms with Crippen molar-refractivity contribution in [2.24, 2.45) is 0 Å². The number of anilines is 1. The van der Waals surface area contributed by atoms with Crippen molar-refractivity contribution in [2.45, 2.75) is 0 Å². The Morgan fingerprint density at radius 1 is 1.53 bits per heavy atom. The fourth-order valence-corrected chi connectivity index (χ4v) is 1.15. The molecular weight excluding hydrogens is 239 g/mol. The number of rotatable bonds is 3. The lowest BCUT2D eigenvalue weighted by molar-refractivity contribution is 0.346. The molecule has 0 spiro atoms. The molecule has 80 valence electrons. The third kappa shape index (κ3) is 4.14. The summed E-state index contributed by atoms with van der Waals surface area (Å²) in [6.45, 7) is 3.67. The second kappa shape index (κ2) is 5.53. The molecular formula is C8H8Cl2N4O. The van der Waals surface area contributed by atoms with E-state index in [-0.39, 0.29) is 28.9 Å². The molecule has 0 aromatic carbocycles. The summed E-state index contributed by atoms with van der Waals surface area (Å²) in [5.41, 5.74) is 0. The van der Waals surface area contributed by atoms with Gasteiger partial charge in [-0.15, -0.1) is 0 Å². The molecule has 0 amide bonds. The van der Waals surface area contributed by atoms with Gasteiger partial charge in [-0.1, -0.05) is 35.9 Å². The number of amidine groups is 1. The normalized spacial score (nSPS) is 9.47. The molecule has 15 heavy (non-hydrogen) atoms. The summed E-state index contributed by atoms with van der Waals surface area (Å²) in [5, 5.41) is 10.2. The highest BCUT2D eigenvalue weighted by Gasteiger charge is 2.04. The van der Waals surface area contributed by atoms with Gasteiger partial charge in [0.25, 0.3) is 6.02 Å². The number of hydrogen-bond donors (Lipinski definition) is 2. The monoisotopic (exact) mass is 246 g/mol. The van der Waals surface area contributed by atoms with Gasteiger partial charge in [0.1, 0.15) is 16.9 Å². The Morgan fingerprint density at radius 2 is 2.13 bits per heavy atom. The molecule has 1 aromatic rings. The number of nitrogens with one attached hydrogen (secondary N) is 2. The van der Waals surface area contributed by atoms with Crippen molar-refractivity contribution in [1.29, 1.82) is 5.41 Å². The van der Waals surface area contributed by atoms with Crippen molar-refractivity contribution in [2.75, 3.05) is 11.9 Å². The Morgan fingerprint density at radius 3 is 2.67 bits per heavy atom.